The first-order chi connectivity index (χ1) is 16.3. The SMILES string of the molecule is CC(C)NC(=O)[C@@H](c1ccc(Cl)cc1)N(Cc1cccs1)C(=O)CCC(=O)Nc1ccccn1. The summed E-state index contributed by atoms with van der Waals surface area (Å²) < 4.78 is 0. The van der Waals surface area contributed by atoms with Gasteiger partial charge < -0.3 is 15.5 Å². The number of rotatable bonds is 10. The second kappa shape index (κ2) is 12.3. The Morgan fingerprint density at radius 1 is 1.03 bits per heavy atom. The summed E-state index contributed by atoms with van der Waals surface area (Å²) in [5, 5.41) is 8.06. The molecule has 2 N–H and O–H groups in total. The van der Waals surface area contributed by atoms with E-state index in [0.29, 0.717) is 16.4 Å². The standard InChI is InChI=1S/C25H27ClN4O3S/c1-17(2)28-25(33)24(18-8-10-19(26)11-9-18)30(16-20-6-5-15-34-20)23(32)13-12-22(31)29-21-7-3-4-14-27-21/h3-11,14-15,17,24H,12-13,16H2,1-2H3,(H,28,33)(H,27,29,31)/t24-/m1/s1. The highest BCUT2D eigenvalue weighted by atomic mass is 35.5. The lowest BCUT2D eigenvalue weighted by Gasteiger charge is -2.32. The minimum absolute atomic E-state index is 0.0323. The number of thiophene rings is 1. The Morgan fingerprint density at radius 3 is 2.41 bits per heavy atom. The summed E-state index contributed by atoms with van der Waals surface area (Å²) in [6.45, 7) is 3.98. The van der Waals surface area contributed by atoms with E-state index in [1.807, 2.05) is 31.4 Å². The van der Waals surface area contributed by atoms with Gasteiger partial charge in [0.2, 0.25) is 17.7 Å². The number of anilines is 1. The molecule has 0 radical (unpaired) electrons. The van der Waals surface area contributed by atoms with Crippen LogP contribution in [-0.2, 0) is 20.9 Å². The van der Waals surface area contributed by atoms with Crippen molar-refractivity contribution in [2.24, 2.45) is 0 Å². The molecule has 0 saturated carbocycles. The molecule has 1 aromatic carbocycles. The van der Waals surface area contributed by atoms with Gasteiger partial charge in [0, 0.05) is 35.0 Å². The van der Waals surface area contributed by atoms with Crippen molar-refractivity contribution in [1.82, 2.24) is 15.2 Å². The van der Waals surface area contributed by atoms with E-state index in [-0.39, 0.29) is 43.1 Å². The number of carbonyl (C=O) groups is 3. The number of hydrogen-bond acceptors (Lipinski definition) is 5. The van der Waals surface area contributed by atoms with Crippen LogP contribution in [0, 0.1) is 0 Å². The van der Waals surface area contributed by atoms with Crippen molar-refractivity contribution >= 4 is 46.5 Å². The molecular weight excluding hydrogens is 472 g/mol. The lowest BCUT2D eigenvalue weighted by molar-refractivity contribution is -0.142. The van der Waals surface area contributed by atoms with Crippen LogP contribution in [0.3, 0.4) is 0 Å². The van der Waals surface area contributed by atoms with Gasteiger partial charge in [-0.05, 0) is 55.1 Å². The average Bonchev–Trinajstić information content (AvgIpc) is 3.32. The summed E-state index contributed by atoms with van der Waals surface area (Å²) in [7, 11) is 0. The Morgan fingerprint density at radius 2 is 1.79 bits per heavy atom. The molecule has 0 saturated heterocycles. The van der Waals surface area contributed by atoms with E-state index in [4.69, 9.17) is 11.6 Å². The van der Waals surface area contributed by atoms with Crippen molar-refractivity contribution in [1.29, 1.82) is 0 Å². The topological polar surface area (TPSA) is 91.4 Å². The Bertz CT molecular complexity index is 1090. The molecule has 1 atom stereocenters. The van der Waals surface area contributed by atoms with E-state index in [0.717, 1.165) is 4.88 Å². The van der Waals surface area contributed by atoms with Gasteiger partial charge in [-0.25, -0.2) is 4.98 Å². The second-order valence-corrected chi connectivity index (χ2v) is 9.45. The lowest BCUT2D eigenvalue weighted by atomic mass is 10.0. The van der Waals surface area contributed by atoms with Gasteiger partial charge in [0.1, 0.15) is 11.9 Å². The highest BCUT2D eigenvalue weighted by Crippen LogP contribution is 2.27. The van der Waals surface area contributed by atoms with Crippen LogP contribution in [0.25, 0.3) is 0 Å². The maximum atomic E-state index is 13.4. The van der Waals surface area contributed by atoms with Gasteiger partial charge in [0.15, 0.2) is 0 Å². The minimum Gasteiger partial charge on any atom is -0.352 e. The Balaban J connectivity index is 1.83. The van der Waals surface area contributed by atoms with Gasteiger partial charge in [0.25, 0.3) is 0 Å². The highest BCUT2D eigenvalue weighted by molar-refractivity contribution is 7.09. The van der Waals surface area contributed by atoms with Crippen LogP contribution in [0.15, 0.2) is 66.2 Å². The first-order valence-corrected chi connectivity index (χ1v) is 12.2. The van der Waals surface area contributed by atoms with Crippen molar-refractivity contribution in [3.05, 3.63) is 81.6 Å². The minimum atomic E-state index is -0.867. The Kier molecular flexibility index (Phi) is 9.18. The maximum absolute atomic E-state index is 13.4. The smallest absolute Gasteiger partial charge is 0.247 e. The second-order valence-electron chi connectivity index (χ2n) is 7.98. The first kappa shape index (κ1) is 25.4. The number of pyridine rings is 1. The molecule has 0 fully saturated rings. The summed E-state index contributed by atoms with van der Waals surface area (Å²) in [5.41, 5.74) is 0.644. The normalized spacial score (nSPS) is 11.6. The van der Waals surface area contributed by atoms with Crippen molar-refractivity contribution < 1.29 is 14.4 Å². The summed E-state index contributed by atoms with van der Waals surface area (Å²) in [5.74, 6) is -0.493. The number of nitrogens with zero attached hydrogens (tertiary/aromatic N) is 2. The fourth-order valence-corrected chi connectivity index (χ4v) is 4.21. The van der Waals surface area contributed by atoms with Crippen molar-refractivity contribution in [3.63, 3.8) is 0 Å². The molecule has 0 aliphatic carbocycles. The zero-order valence-electron chi connectivity index (χ0n) is 19.0. The van der Waals surface area contributed by atoms with E-state index >= 15 is 0 Å². The van der Waals surface area contributed by atoms with Gasteiger partial charge in [-0.1, -0.05) is 35.9 Å². The molecule has 2 aromatic heterocycles. The molecule has 0 bridgehead atoms. The van der Waals surface area contributed by atoms with Crippen molar-refractivity contribution in [2.45, 2.75) is 45.3 Å². The third-order valence-electron chi connectivity index (χ3n) is 4.90. The highest BCUT2D eigenvalue weighted by Gasteiger charge is 2.32. The predicted octanol–water partition coefficient (Wildman–Crippen LogP) is 4.81. The molecule has 34 heavy (non-hydrogen) atoms. The molecule has 7 nitrogen and oxygen atoms in total. The van der Waals surface area contributed by atoms with Crippen LogP contribution >= 0.6 is 22.9 Å². The predicted molar refractivity (Wildman–Crippen MR) is 134 cm³/mol. The van der Waals surface area contributed by atoms with Crippen LogP contribution in [0.4, 0.5) is 5.82 Å². The maximum Gasteiger partial charge on any atom is 0.247 e. The van der Waals surface area contributed by atoms with Crippen LogP contribution in [0.5, 0.6) is 0 Å². The van der Waals surface area contributed by atoms with Gasteiger partial charge in [-0.15, -0.1) is 11.3 Å². The summed E-state index contributed by atoms with van der Waals surface area (Å²) >= 11 is 7.56. The fraction of sp³-hybridized carbons (Fsp3) is 0.280. The number of hydrogen-bond donors (Lipinski definition) is 2. The Hall–Kier alpha value is -3.23. The monoisotopic (exact) mass is 498 g/mol. The molecule has 0 aliphatic heterocycles. The van der Waals surface area contributed by atoms with Crippen LogP contribution in [-0.4, -0.2) is 33.6 Å². The summed E-state index contributed by atoms with van der Waals surface area (Å²) in [4.78, 5) is 45.6. The molecule has 3 aromatic rings. The van der Waals surface area contributed by atoms with Gasteiger partial charge in [-0.2, -0.15) is 0 Å². The molecule has 3 amide bonds. The van der Waals surface area contributed by atoms with E-state index in [1.54, 1.807) is 48.7 Å². The summed E-state index contributed by atoms with van der Waals surface area (Å²) in [6.07, 6.45) is 1.49. The first-order valence-electron chi connectivity index (χ1n) is 10.9. The number of halogens is 1. The van der Waals surface area contributed by atoms with Crippen molar-refractivity contribution in [2.75, 3.05) is 5.32 Å². The third kappa shape index (κ3) is 7.40. The fourth-order valence-electron chi connectivity index (χ4n) is 3.38. The zero-order chi connectivity index (χ0) is 24.5. The van der Waals surface area contributed by atoms with Gasteiger partial charge in [-0.3, -0.25) is 14.4 Å². The molecule has 9 heteroatoms. The quantitative estimate of drug-likeness (QED) is 0.419. The largest absolute Gasteiger partial charge is 0.352 e. The number of carbonyl (C=O) groups excluding carboxylic acids is 3. The van der Waals surface area contributed by atoms with Crippen LogP contribution in [0.2, 0.25) is 5.02 Å². The third-order valence-corrected chi connectivity index (χ3v) is 6.01. The van der Waals surface area contributed by atoms with E-state index < -0.39 is 6.04 Å². The number of benzene rings is 1. The molecular formula is C25H27ClN4O3S. The van der Waals surface area contributed by atoms with E-state index in [9.17, 15) is 14.4 Å². The Labute approximate surface area is 208 Å². The average molecular weight is 499 g/mol. The van der Waals surface area contributed by atoms with E-state index in [2.05, 4.69) is 15.6 Å². The number of aromatic nitrogens is 1. The molecule has 178 valence electrons. The van der Waals surface area contributed by atoms with E-state index in [1.165, 1.54) is 16.2 Å². The number of amides is 3. The van der Waals surface area contributed by atoms with Crippen LogP contribution in [0.1, 0.15) is 43.2 Å². The summed E-state index contributed by atoms with van der Waals surface area (Å²) in [6, 6.07) is 14.9. The van der Waals surface area contributed by atoms with Gasteiger partial charge in [0.05, 0.1) is 6.54 Å². The molecule has 0 aliphatic rings. The molecule has 2 heterocycles. The molecule has 3 rings (SSSR count). The number of nitrogens with one attached hydrogen (secondary N) is 2. The lowest BCUT2D eigenvalue weighted by Crippen LogP contribution is -2.45. The zero-order valence-corrected chi connectivity index (χ0v) is 20.6. The van der Waals surface area contributed by atoms with Crippen LogP contribution < -0.4 is 10.6 Å². The molecule has 0 spiro atoms. The molecule has 0 unspecified atom stereocenters. The van der Waals surface area contributed by atoms with Crippen molar-refractivity contribution in [3.8, 4) is 0 Å². The van der Waals surface area contributed by atoms with Gasteiger partial charge >= 0.3 is 0 Å².